The second-order valence-electron chi connectivity index (χ2n) is 6.10. The van der Waals surface area contributed by atoms with Gasteiger partial charge in [-0.05, 0) is 46.4 Å². The zero-order chi connectivity index (χ0) is 15.8. The Kier molecular flexibility index (Phi) is 4.81. The number of hydrogen-bond acceptors (Lipinski definition) is 1. The Balaban J connectivity index is 0.00000169. The van der Waals surface area contributed by atoms with E-state index in [0.29, 0.717) is 0 Å². The molecule has 4 rings (SSSR count). The summed E-state index contributed by atoms with van der Waals surface area (Å²) in [5.74, 6) is 0.0897. The molecule has 2 aromatic carbocycles. The smallest absolute Gasteiger partial charge is 0.186 e. The van der Waals surface area contributed by atoms with Gasteiger partial charge in [-0.1, -0.05) is 36.4 Å². The third-order valence-corrected chi connectivity index (χ3v) is 4.58. The van der Waals surface area contributed by atoms with E-state index in [2.05, 4.69) is 24.3 Å². The molecule has 0 amide bonds. The second-order valence-corrected chi connectivity index (χ2v) is 6.10. The Labute approximate surface area is 158 Å². The number of allylic oxidation sites excluding steroid dienone is 1. The van der Waals surface area contributed by atoms with Gasteiger partial charge >= 0.3 is 0 Å². The van der Waals surface area contributed by atoms with Crippen LogP contribution < -0.4 is 28.5 Å². The average molecular weight is 427 g/mol. The van der Waals surface area contributed by atoms with Gasteiger partial charge in [0.15, 0.2) is 18.2 Å². The number of ketones is 1. The van der Waals surface area contributed by atoms with Crippen LogP contribution in [0.1, 0.15) is 27.0 Å². The van der Waals surface area contributed by atoms with E-state index < -0.39 is 0 Å². The number of carbonyl (C=O) groups excluding carboxylic acids is 1. The van der Waals surface area contributed by atoms with Gasteiger partial charge in [0.2, 0.25) is 0 Å². The van der Waals surface area contributed by atoms with E-state index >= 15 is 0 Å². The molecule has 1 aromatic heterocycles. The third-order valence-electron chi connectivity index (χ3n) is 4.58. The fraction of sp³-hybridized carbons (Fsp3) is 0.143. The van der Waals surface area contributed by atoms with Gasteiger partial charge < -0.3 is 24.0 Å². The van der Waals surface area contributed by atoms with E-state index in [9.17, 15) is 4.79 Å². The Morgan fingerprint density at radius 1 is 1.04 bits per heavy atom. The second kappa shape index (κ2) is 6.85. The standard InChI is InChI=1S/C21H18NO.HI/c1-22-13-11-15(12-14-22)5-10-20(23)18-8-6-16-3-2-4-17-7-9-19(18)21(16)17;/h2-6,8,10-14H,7,9H2,1H3;1H/q+1;/p-1/b10-5+;. The summed E-state index contributed by atoms with van der Waals surface area (Å²) in [4.78, 5) is 12.6. The predicted molar refractivity (Wildman–Crippen MR) is 92.3 cm³/mol. The number of nitrogens with zero attached hydrogens (tertiary/aromatic N) is 1. The van der Waals surface area contributed by atoms with Crippen LogP contribution >= 0.6 is 0 Å². The number of pyridine rings is 1. The van der Waals surface area contributed by atoms with Crippen LogP contribution in [0.5, 0.6) is 0 Å². The van der Waals surface area contributed by atoms with Crippen molar-refractivity contribution in [1.29, 1.82) is 0 Å². The lowest BCUT2D eigenvalue weighted by Crippen LogP contribution is -3.00. The van der Waals surface area contributed by atoms with Crippen molar-refractivity contribution in [3.05, 3.63) is 83.2 Å². The summed E-state index contributed by atoms with van der Waals surface area (Å²) < 4.78 is 1.98. The number of benzene rings is 2. The quantitative estimate of drug-likeness (QED) is 0.261. The minimum atomic E-state index is 0. The maximum Gasteiger partial charge on any atom is 0.186 e. The predicted octanol–water partition coefficient (Wildman–Crippen LogP) is 0.663. The van der Waals surface area contributed by atoms with Crippen LogP contribution in [-0.2, 0) is 19.9 Å². The molecule has 0 fully saturated rings. The van der Waals surface area contributed by atoms with Crippen LogP contribution in [0.15, 0.2) is 60.9 Å². The van der Waals surface area contributed by atoms with Gasteiger partial charge in [-0.2, -0.15) is 0 Å². The molecule has 3 heteroatoms. The molecule has 0 N–H and O–H groups in total. The highest BCUT2D eigenvalue weighted by Gasteiger charge is 2.19. The molecule has 1 aliphatic rings. The molecule has 0 radical (unpaired) electrons. The van der Waals surface area contributed by atoms with E-state index in [1.165, 1.54) is 21.9 Å². The monoisotopic (exact) mass is 427 g/mol. The molecule has 0 saturated heterocycles. The first-order valence-electron chi connectivity index (χ1n) is 7.93. The Morgan fingerprint density at radius 3 is 2.62 bits per heavy atom. The van der Waals surface area contributed by atoms with Crippen molar-refractivity contribution in [2.45, 2.75) is 12.8 Å². The molecule has 0 atom stereocenters. The number of rotatable bonds is 3. The molecule has 0 saturated carbocycles. The summed E-state index contributed by atoms with van der Waals surface area (Å²) in [6, 6.07) is 14.4. The molecule has 1 heterocycles. The van der Waals surface area contributed by atoms with Gasteiger partial charge in [0, 0.05) is 17.7 Å². The number of hydrogen-bond donors (Lipinski definition) is 0. The van der Waals surface area contributed by atoms with Crippen molar-refractivity contribution >= 4 is 22.6 Å². The van der Waals surface area contributed by atoms with Crippen molar-refractivity contribution < 1.29 is 33.3 Å². The first-order valence-corrected chi connectivity index (χ1v) is 7.93. The zero-order valence-corrected chi connectivity index (χ0v) is 15.7. The lowest BCUT2D eigenvalue weighted by Gasteiger charge is -2.06. The number of carbonyl (C=O) groups is 1. The normalized spacial score (nSPS) is 12.5. The first kappa shape index (κ1) is 16.8. The van der Waals surface area contributed by atoms with Crippen LogP contribution in [0.25, 0.3) is 16.8 Å². The molecule has 0 bridgehead atoms. The summed E-state index contributed by atoms with van der Waals surface area (Å²) >= 11 is 0. The molecule has 0 spiro atoms. The van der Waals surface area contributed by atoms with Gasteiger partial charge in [-0.15, -0.1) is 0 Å². The van der Waals surface area contributed by atoms with Gasteiger partial charge in [0.25, 0.3) is 0 Å². The minimum Gasteiger partial charge on any atom is -1.00 e. The lowest BCUT2D eigenvalue weighted by atomic mass is 9.97. The van der Waals surface area contributed by atoms with Crippen LogP contribution in [0.3, 0.4) is 0 Å². The van der Waals surface area contributed by atoms with Gasteiger partial charge in [0.1, 0.15) is 7.05 Å². The molecule has 0 aliphatic heterocycles. The Morgan fingerprint density at radius 2 is 1.83 bits per heavy atom. The van der Waals surface area contributed by atoms with E-state index in [-0.39, 0.29) is 29.8 Å². The summed E-state index contributed by atoms with van der Waals surface area (Å²) in [7, 11) is 1.98. The molecule has 1 aliphatic carbocycles. The van der Waals surface area contributed by atoms with E-state index in [1.807, 2.05) is 48.3 Å². The van der Waals surface area contributed by atoms with Crippen molar-refractivity contribution in [2.75, 3.05) is 0 Å². The highest BCUT2D eigenvalue weighted by molar-refractivity contribution is 6.11. The highest BCUT2D eigenvalue weighted by Crippen LogP contribution is 2.33. The van der Waals surface area contributed by atoms with Crippen molar-refractivity contribution in [3.8, 4) is 0 Å². The maximum atomic E-state index is 12.6. The molecule has 0 unspecified atom stereocenters. The van der Waals surface area contributed by atoms with Gasteiger partial charge in [-0.25, -0.2) is 4.57 Å². The molecular formula is C21H18INO. The average Bonchev–Trinajstić information content (AvgIpc) is 3.00. The largest absolute Gasteiger partial charge is 1.00 e. The fourth-order valence-electron chi connectivity index (χ4n) is 3.38. The molecule has 120 valence electrons. The van der Waals surface area contributed by atoms with Crippen LogP contribution in [0.4, 0.5) is 0 Å². The summed E-state index contributed by atoms with van der Waals surface area (Å²) in [6.45, 7) is 0. The maximum absolute atomic E-state index is 12.6. The van der Waals surface area contributed by atoms with Crippen LogP contribution in [-0.4, -0.2) is 5.78 Å². The Hall–Kier alpha value is -2.01. The van der Waals surface area contributed by atoms with Crippen molar-refractivity contribution in [2.24, 2.45) is 7.05 Å². The number of aryl methyl sites for hydroxylation is 3. The zero-order valence-electron chi connectivity index (χ0n) is 13.5. The third kappa shape index (κ3) is 3.00. The molecule has 2 nitrogen and oxygen atoms in total. The SMILES string of the molecule is C[n+]1ccc(/C=C/C(=O)c2ccc3cccc4c3c2CC4)cc1.[I-]. The molecule has 24 heavy (non-hydrogen) atoms. The topological polar surface area (TPSA) is 20.9 Å². The molecule has 3 aromatic rings. The number of halogens is 1. The first-order chi connectivity index (χ1) is 11.2. The summed E-state index contributed by atoms with van der Waals surface area (Å²) in [5.41, 5.74) is 4.47. The summed E-state index contributed by atoms with van der Waals surface area (Å²) in [5, 5.41) is 2.53. The molecular weight excluding hydrogens is 409 g/mol. The van der Waals surface area contributed by atoms with Crippen molar-refractivity contribution in [1.82, 2.24) is 0 Å². The Bertz CT molecular complexity index is 942. The van der Waals surface area contributed by atoms with Gasteiger partial charge in [-0.3, -0.25) is 4.79 Å². The lowest BCUT2D eigenvalue weighted by molar-refractivity contribution is -0.671. The highest BCUT2D eigenvalue weighted by atomic mass is 127. The summed E-state index contributed by atoms with van der Waals surface area (Å²) in [6.07, 6.45) is 9.54. The van der Waals surface area contributed by atoms with E-state index in [1.54, 1.807) is 6.08 Å². The minimum absolute atomic E-state index is 0. The number of aromatic nitrogens is 1. The van der Waals surface area contributed by atoms with Gasteiger partial charge in [0.05, 0.1) is 0 Å². The fourth-order valence-corrected chi connectivity index (χ4v) is 3.38. The van der Waals surface area contributed by atoms with Crippen LogP contribution in [0, 0.1) is 0 Å². The van der Waals surface area contributed by atoms with Crippen LogP contribution in [0.2, 0.25) is 0 Å². The van der Waals surface area contributed by atoms with E-state index in [4.69, 9.17) is 0 Å². The van der Waals surface area contributed by atoms with Crippen molar-refractivity contribution in [3.63, 3.8) is 0 Å². The van der Waals surface area contributed by atoms with E-state index in [0.717, 1.165) is 24.0 Å².